The molecule has 0 aliphatic heterocycles. The number of benzene rings is 2. The van der Waals surface area contributed by atoms with E-state index in [9.17, 15) is 9.90 Å². The summed E-state index contributed by atoms with van der Waals surface area (Å²) in [4.78, 5) is 20.6. The number of phenols is 1. The Labute approximate surface area is 146 Å². The first-order valence-electron chi connectivity index (χ1n) is 7.20. The van der Waals surface area contributed by atoms with Crippen molar-refractivity contribution in [2.75, 3.05) is 0 Å². The number of nitrogens with one attached hydrogen (secondary N) is 1. The van der Waals surface area contributed by atoms with E-state index in [1.54, 1.807) is 24.3 Å². The van der Waals surface area contributed by atoms with Crippen LogP contribution in [0.3, 0.4) is 0 Å². The molecule has 2 aromatic carbocycles. The summed E-state index contributed by atoms with van der Waals surface area (Å²) in [6, 6.07) is 15.9. The van der Waals surface area contributed by atoms with E-state index in [1.807, 2.05) is 30.3 Å². The molecule has 4 aromatic rings. The maximum absolute atomic E-state index is 12.4. The number of fused-ring (bicyclic) bond motifs is 1. The number of hydrogen-bond donors (Lipinski definition) is 2. The lowest BCUT2D eigenvalue weighted by molar-refractivity contribution is 0.475. The Balaban J connectivity index is 1.89. The van der Waals surface area contributed by atoms with Gasteiger partial charge in [0.05, 0.1) is 5.52 Å². The molecule has 0 aliphatic rings. The van der Waals surface area contributed by atoms with Crippen molar-refractivity contribution in [3.05, 3.63) is 70.0 Å². The average molecular weight is 355 g/mol. The van der Waals surface area contributed by atoms with E-state index >= 15 is 0 Å². The molecule has 4 nitrogen and oxygen atoms in total. The highest BCUT2D eigenvalue weighted by Gasteiger charge is 2.12. The van der Waals surface area contributed by atoms with Gasteiger partial charge in [0, 0.05) is 21.0 Å². The Morgan fingerprint density at radius 1 is 1.08 bits per heavy atom. The molecule has 0 radical (unpaired) electrons. The minimum absolute atomic E-state index is 0.165. The number of aromatic amines is 1. The molecule has 4 rings (SSSR count). The van der Waals surface area contributed by atoms with Gasteiger partial charge in [0.25, 0.3) is 5.56 Å². The molecule has 24 heavy (non-hydrogen) atoms. The fourth-order valence-corrected chi connectivity index (χ4v) is 3.81. The first-order valence-corrected chi connectivity index (χ1v) is 8.39. The third-order valence-electron chi connectivity index (χ3n) is 3.66. The number of nitrogens with zero attached hydrogens (tertiary/aromatic N) is 1. The molecular weight excluding hydrogens is 344 g/mol. The molecule has 0 saturated carbocycles. The van der Waals surface area contributed by atoms with Gasteiger partial charge in [0.1, 0.15) is 16.3 Å². The van der Waals surface area contributed by atoms with Gasteiger partial charge in [0.15, 0.2) is 0 Å². The highest BCUT2D eigenvalue weighted by Crippen LogP contribution is 2.35. The SMILES string of the molecule is O=c1[nH]c(-c2ccc(O)cc2)nc2cc(-c3ccccc3Cl)sc12. The summed E-state index contributed by atoms with van der Waals surface area (Å²) in [7, 11) is 0. The maximum atomic E-state index is 12.4. The van der Waals surface area contributed by atoms with Gasteiger partial charge in [-0.3, -0.25) is 4.79 Å². The Morgan fingerprint density at radius 2 is 1.83 bits per heavy atom. The Bertz CT molecular complexity index is 1100. The van der Waals surface area contributed by atoms with E-state index in [2.05, 4.69) is 9.97 Å². The van der Waals surface area contributed by atoms with Crippen LogP contribution in [0.1, 0.15) is 0 Å². The molecule has 0 fully saturated rings. The van der Waals surface area contributed by atoms with Crippen LogP contribution in [0.4, 0.5) is 0 Å². The van der Waals surface area contributed by atoms with Crippen LogP contribution in [0.5, 0.6) is 5.75 Å². The smallest absolute Gasteiger partial charge is 0.269 e. The lowest BCUT2D eigenvalue weighted by Crippen LogP contribution is -2.07. The number of thiophene rings is 1. The van der Waals surface area contributed by atoms with Crippen molar-refractivity contribution < 1.29 is 5.11 Å². The van der Waals surface area contributed by atoms with Crippen LogP contribution >= 0.6 is 22.9 Å². The van der Waals surface area contributed by atoms with Crippen LogP contribution in [-0.4, -0.2) is 15.1 Å². The predicted molar refractivity (Wildman–Crippen MR) is 97.8 cm³/mol. The van der Waals surface area contributed by atoms with E-state index in [0.717, 1.165) is 16.0 Å². The van der Waals surface area contributed by atoms with Gasteiger partial charge in [-0.1, -0.05) is 29.8 Å². The van der Waals surface area contributed by atoms with E-state index in [-0.39, 0.29) is 11.3 Å². The summed E-state index contributed by atoms with van der Waals surface area (Å²) in [6.07, 6.45) is 0. The topological polar surface area (TPSA) is 66.0 Å². The van der Waals surface area contributed by atoms with Gasteiger partial charge >= 0.3 is 0 Å². The van der Waals surface area contributed by atoms with Crippen LogP contribution in [0.15, 0.2) is 59.4 Å². The van der Waals surface area contributed by atoms with E-state index in [0.29, 0.717) is 21.1 Å². The minimum atomic E-state index is -0.189. The zero-order chi connectivity index (χ0) is 16.7. The fourth-order valence-electron chi connectivity index (χ4n) is 2.49. The molecule has 0 aliphatic carbocycles. The molecule has 2 N–H and O–H groups in total. The zero-order valence-electron chi connectivity index (χ0n) is 12.3. The van der Waals surface area contributed by atoms with Crippen molar-refractivity contribution in [2.45, 2.75) is 0 Å². The first-order chi connectivity index (χ1) is 11.6. The average Bonchev–Trinajstić information content (AvgIpc) is 3.00. The lowest BCUT2D eigenvalue weighted by Gasteiger charge is -2.00. The van der Waals surface area contributed by atoms with E-state index in [4.69, 9.17) is 11.6 Å². The summed E-state index contributed by atoms with van der Waals surface area (Å²) in [5, 5.41) is 10.0. The Morgan fingerprint density at radius 3 is 2.58 bits per heavy atom. The molecule has 118 valence electrons. The normalized spacial score (nSPS) is 11.0. The monoisotopic (exact) mass is 354 g/mol. The maximum Gasteiger partial charge on any atom is 0.269 e. The van der Waals surface area contributed by atoms with Crippen molar-refractivity contribution in [1.29, 1.82) is 0 Å². The molecule has 0 spiro atoms. The summed E-state index contributed by atoms with van der Waals surface area (Å²) in [6.45, 7) is 0. The number of halogens is 1. The van der Waals surface area contributed by atoms with Crippen LogP contribution in [0.2, 0.25) is 5.02 Å². The van der Waals surface area contributed by atoms with Crippen molar-refractivity contribution in [1.82, 2.24) is 9.97 Å². The standard InChI is InChI=1S/C18H11ClN2O2S/c19-13-4-2-1-3-12(13)15-9-14-16(24-15)18(23)21-17(20-14)10-5-7-11(22)8-6-10/h1-9,22H,(H,20,21,23). The second-order valence-electron chi connectivity index (χ2n) is 5.27. The molecule has 0 unspecified atom stereocenters. The quantitative estimate of drug-likeness (QED) is 0.549. The van der Waals surface area contributed by atoms with Crippen molar-refractivity contribution >= 4 is 33.2 Å². The van der Waals surface area contributed by atoms with E-state index < -0.39 is 0 Å². The van der Waals surface area contributed by atoms with Crippen molar-refractivity contribution in [3.63, 3.8) is 0 Å². The molecule has 0 bridgehead atoms. The van der Waals surface area contributed by atoms with Crippen molar-refractivity contribution in [2.24, 2.45) is 0 Å². The minimum Gasteiger partial charge on any atom is -0.508 e. The number of rotatable bonds is 2. The number of aromatic nitrogens is 2. The second-order valence-corrected chi connectivity index (χ2v) is 6.73. The first kappa shape index (κ1) is 14.9. The number of aromatic hydroxyl groups is 1. The van der Waals surface area contributed by atoms with Crippen LogP contribution in [-0.2, 0) is 0 Å². The predicted octanol–water partition coefficient (Wildman–Crippen LogP) is 4.68. The Hall–Kier alpha value is -2.63. The molecule has 2 aromatic heterocycles. The van der Waals surface area contributed by atoms with Gasteiger partial charge < -0.3 is 10.1 Å². The summed E-state index contributed by atoms with van der Waals surface area (Å²) in [5.74, 6) is 0.634. The summed E-state index contributed by atoms with van der Waals surface area (Å²) in [5.41, 5.74) is 2.05. The summed E-state index contributed by atoms with van der Waals surface area (Å²) >= 11 is 7.61. The van der Waals surface area contributed by atoms with Gasteiger partial charge in [-0.25, -0.2) is 4.98 Å². The lowest BCUT2D eigenvalue weighted by atomic mass is 10.2. The number of hydrogen-bond acceptors (Lipinski definition) is 4. The van der Waals surface area contributed by atoms with Gasteiger partial charge in [-0.05, 0) is 36.4 Å². The van der Waals surface area contributed by atoms with E-state index in [1.165, 1.54) is 11.3 Å². The van der Waals surface area contributed by atoms with Crippen molar-refractivity contribution in [3.8, 4) is 27.6 Å². The molecule has 2 heterocycles. The number of H-pyrrole nitrogens is 1. The van der Waals surface area contributed by atoms with Gasteiger partial charge in [0.2, 0.25) is 0 Å². The molecular formula is C18H11ClN2O2S. The number of phenolic OH excluding ortho intramolecular Hbond substituents is 1. The van der Waals surface area contributed by atoms with Crippen LogP contribution in [0.25, 0.3) is 32.0 Å². The molecule has 0 atom stereocenters. The fraction of sp³-hybridized carbons (Fsp3) is 0. The molecule has 0 amide bonds. The highest BCUT2D eigenvalue weighted by molar-refractivity contribution is 7.22. The third-order valence-corrected chi connectivity index (χ3v) is 5.15. The molecule has 6 heteroatoms. The van der Waals surface area contributed by atoms with Crippen LogP contribution in [0, 0.1) is 0 Å². The Kier molecular flexibility index (Phi) is 3.59. The highest BCUT2D eigenvalue weighted by atomic mass is 35.5. The zero-order valence-corrected chi connectivity index (χ0v) is 13.9. The summed E-state index contributed by atoms with van der Waals surface area (Å²) < 4.78 is 0.562. The van der Waals surface area contributed by atoms with Gasteiger partial charge in [-0.15, -0.1) is 11.3 Å². The largest absolute Gasteiger partial charge is 0.508 e. The second kappa shape index (κ2) is 5.78. The van der Waals surface area contributed by atoms with Gasteiger partial charge in [-0.2, -0.15) is 0 Å². The third kappa shape index (κ3) is 2.58. The van der Waals surface area contributed by atoms with Crippen LogP contribution < -0.4 is 5.56 Å². The molecule has 0 saturated heterocycles.